The minimum absolute atomic E-state index is 0.0564. The lowest BCUT2D eigenvalue weighted by Gasteiger charge is -2.08. The number of ether oxygens (including phenoxy) is 1. The van der Waals surface area contributed by atoms with Crippen LogP contribution in [0.4, 0.5) is 4.39 Å². The van der Waals surface area contributed by atoms with E-state index >= 15 is 0 Å². The van der Waals surface area contributed by atoms with Crippen molar-refractivity contribution in [2.24, 2.45) is 17.3 Å². The van der Waals surface area contributed by atoms with Crippen LogP contribution in [-0.4, -0.2) is 5.97 Å². The maximum absolute atomic E-state index is 13.7. The average molecular weight is 396 g/mol. The fourth-order valence-electron chi connectivity index (χ4n) is 2.48. The van der Waals surface area contributed by atoms with Crippen LogP contribution < -0.4 is 0 Å². The standard InChI is InChI=1S/C15H14BrCl2FO2/c1-15(2)9(6-12(17)18)13(15)14(20)21-7-8-10(16)4-3-5-11(8)19/h3-6,9,13H,7H2,1-2H3/t9-,13-/m1/s1. The molecule has 1 saturated carbocycles. The molecule has 0 aliphatic heterocycles. The van der Waals surface area contributed by atoms with Crippen LogP contribution in [-0.2, 0) is 16.1 Å². The van der Waals surface area contributed by atoms with Crippen LogP contribution in [0.1, 0.15) is 19.4 Å². The van der Waals surface area contributed by atoms with Gasteiger partial charge in [0.05, 0.1) is 5.92 Å². The van der Waals surface area contributed by atoms with Crippen molar-refractivity contribution in [2.75, 3.05) is 0 Å². The van der Waals surface area contributed by atoms with Crippen LogP contribution in [0.2, 0.25) is 0 Å². The molecule has 2 rings (SSSR count). The molecule has 0 heterocycles. The van der Waals surface area contributed by atoms with Crippen molar-refractivity contribution in [3.63, 3.8) is 0 Å². The molecule has 1 aliphatic rings. The van der Waals surface area contributed by atoms with Gasteiger partial charge in [0, 0.05) is 10.0 Å². The SMILES string of the molecule is CC1(C)[C@H](C=C(Cl)Cl)[C@@H]1C(=O)OCc1c(F)cccc1Br. The Kier molecular flexibility index (Phi) is 5.01. The van der Waals surface area contributed by atoms with E-state index in [0.717, 1.165) is 0 Å². The van der Waals surface area contributed by atoms with E-state index in [1.807, 2.05) is 13.8 Å². The average Bonchev–Trinajstić information content (AvgIpc) is 2.89. The lowest BCUT2D eigenvalue weighted by molar-refractivity contribution is -0.147. The first-order valence-corrected chi connectivity index (χ1v) is 7.92. The number of allylic oxidation sites excluding steroid dienone is 1. The van der Waals surface area contributed by atoms with Gasteiger partial charge in [-0.3, -0.25) is 4.79 Å². The van der Waals surface area contributed by atoms with Gasteiger partial charge in [0.25, 0.3) is 0 Å². The summed E-state index contributed by atoms with van der Waals surface area (Å²) in [5.41, 5.74) is 0.0743. The Hall–Kier alpha value is -0.580. The van der Waals surface area contributed by atoms with Crippen LogP contribution >= 0.6 is 39.1 Å². The van der Waals surface area contributed by atoms with Crippen molar-refractivity contribution < 1.29 is 13.9 Å². The quantitative estimate of drug-likeness (QED) is 0.653. The summed E-state index contributed by atoms with van der Waals surface area (Å²) >= 11 is 14.5. The van der Waals surface area contributed by atoms with E-state index in [1.54, 1.807) is 18.2 Å². The van der Waals surface area contributed by atoms with Gasteiger partial charge in [-0.2, -0.15) is 0 Å². The zero-order chi connectivity index (χ0) is 15.8. The van der Waals surface area contributed by atoms with E-state index in [-0.39, 0.29) is 34.3 Å². The number of carbonyl (C=O) groups is 1. The summed E-state index contributed by atoms with van der Waals surface area (Å²) in [6, 6.07) is 4.61. The topological polar surface area (TPSA) is 26.3 Å². The summed E-state index contributed by atoms with van der Waals surface area (Å²) in [6.07, 6.45) is 1.65. The molecule has 0 saturated heterocycles. The molecular formula is C15H14BrCl2FO2. The Morgan fingerprint density at radius 2 is 2.14 bits per heavy atom. The van der Waals surface area contributed by atoms with Crippen LogP contribution in [0.3, 0.4) is 0 Å². The molecule has 2 nitrogen and oxygen atoms in total. The van der Waals surface area contributed by atoms with E-state index in [2.05, 4.69) is 15.9 Å². The third-order valence-electron chi connectivity index (χ3n) is 3.89. The zero-order valence-corrected chi connectivity index (χ0v) is 14.6. The van der Waals surface area contributed by atoms with Gasteiger partial charge in [0.2, 0.25) is 0 Å². The molecule has 0 unspecified atom stereocenters. The Bertz CT molecular complexity index is 577. The fourth-order valence-corrected chi connectivity index (χ4v) is 3.21. The van der Waals surface area contributed by atoms with Gasteiger partial charge in [0.1, 0.15) is 16.9 Å². The molecular weight excluding hydrogens is 382 g/mol. The van der Waals surface area contributed by atoms with E-state index < -0.39 is 5.82 Å². The summed E-state index contributed by atoms with van der Waals surface area (Å²) in [7, 11) is 0. The molecule has 1 aromatic carbocycles. The molecule has 114 valence electrons. The number of hydrogen-bond donors (Lipinski definition) is 0. The Morgan fingerprint density at radius 1 is 1.48 bits per heavy atom. The predicted molar refractivity (Wildman–Crippen MR) is 84.4 cm³/mol. The van der Waals surface area contributed by atoms with Gasteiger partial charge in [0.15, 0.2) is 0 Å². The zero-order valence-electron chi connectivity index (χ0n) is 11.5. The van der Waals surface area contributed by atoms with E-state index in [0.29, 0.717) is 10.0 Å². The second kappa shape index (κ2) is 6.27. The molecule has 0 bridgehead atoms. The fraction of sp³-hybridized carbons (Fsp3) is 0.400. The maximum atomic E-state index is 13.7. The number of hydrogen-bond acceptors (Lipinski definition) is 2. The molecule has 0 amide bonds. The van der Waals surface area contributed by atoms with Gasteiger partial charge in [-0.25, -0.2) is 4.39 Å². The number of rotatable bonds is 4. The predicted octanol–water partition coefficient (Wildman–Crippen LogP) is 5.22. The molecule has 0 N–H and O–H groups in total. The van der Waals surface area contributed by atoms with E-state index in [1.165, 1.54) is 6.07 Å². The Morgan fingerprint density at radius 3 is 2.71 bits per heavy atom. The molecule has 0 aromatic heterocycles. The van der Waals surface area contributed by atoms with Crippen LogP contribution in [0, 0.1) is 23.1 Å². The smallest absolute Gasteiger partial charge is 0.310 e. The van der Waals surface area contributed by atoms with Crippen LogP contribution in [0.15, 0.2) is 33.2 Å². The summed E-state index contributed by atoms with van der Waals surface area (Å²) in [5.74, 6) is -1.15. The van der Waals surface area contributed by atoms with Crippen LogP contribution in [0.5, 0.6) is 0 Å². The third-order valence-corrected chi connectivity index (χ3v) is 4.89. The van der Waals surface area contributed by atoms with Crippen molar-refractivity contribution >= 4 is 45.1 Å². The first kappa shape index (κ1) is 16.8. The molecule has 2 atom stereocenters. The number of esters is 1. The van der Waals surface area contributed by atoms with Crippen LogP contribution in [0.25, 0.3) is 0 Å². The Labute approximate surface area is 141 Å². The first-order chi connectivity index (χ1) is 9.75. The van der Waals surface area contributed by atoms with Gasteiger partial charge < -0.3 is 4.74 Å². The molecule has 1 fully saturated rings. The highest BCUT2D eigenvalue weighted by Crippen LogP contribution is 2.60. The molecule has 0 spiro atoms. The van der Waals surface area contributed by atoms with E-state index in [4.69, 9.17) is 27.9 Å². The second-order valence-electron chi connectivity index (χ2n) is 5.59. The molecule has 6 heteroatoms. The minimum Gasteiger partial charge on any atom is -0.460 e. The van der Waals surface area contributed by atoms with Crippen molar-refractivity contribution in [3.05, 3.63) is 44.6 Å². The van der Waals surface area contributed by atoms with Gasteiger partial charge in [-0.15, -0.1) is 0 Å². The lowest BCUT2D eigenvalue weighted by Crippen LogP contribution is -2.11. The number of carbonyl (C=O) groups excluding carboxylic acids is 1. The lowest BCUT2D eigenvalue weighted by atomic mass is 10.1. The monoisotopic (exact) mass is 394 g/mol. The first-order valence-electron chi connectivity index (χ1n) is 6.37. The second-order valence-corrected chi connectivity index (χ2v) is 7.45. The highest BCUT2D eigenvalue weighted by Gasteiger charge is 2.61. The molecule has 0 radical (unpaired) electrons. The van der Waals surface area contributed by atoms with Gasteiger partial charge in [-0.1, -0.05) is 59.0 Å². The summed E-state index contributed by atoms with van der Waals surface area (Å²) < 4.78 is 19.6. The van der Waals surface area contributed by atoms with Crippen molar-refractivity contribution in [1.29, 1.82) is 0 Å². The molecule has 1 aromatic rings. The molecule has 1 aliphatic carbocycles. The number of halogens is 4. The van der Waals surface area contributed by atoms with Gasteiger partial charge in [-0.05, 0) is 29.5 Å². The van der Waals surface area contributed by atoms with Crippen molar-refractivity contribution in [3.8, 4) is 0 Å². The van der Waals surface area contributed by atoms with Crippen molar-refractivity contribution in [2.45, 2.75) is 20.5 Å². The molecule has 21 heavy (non-hydrogen) atoms. The van der Waals surface area contributed by atoms with Gasteiger partial charge >= 0.3 is 5.97 Å². The summed E-state index contributed by atoms with van der Waals surface area (Å²) in [4.78, 5) is 12.1. The Balaban J connectivity index is 2.02. The highest BCUT2D eigenvalue weighted by molar-refractivity contribution is 9.10. The third kappa shape index (κ3) is 3.61. The summed E-state index contributed by atoms with van der Waals surface area (Å²) in [6.45, 7) is 3.77. The van der Waals surface area contributed by atoms with E-state index in [9.17, 15) is 9.18 Å². The highest BCUT2D eigenvalue weighted by atomic mass is 79.9. The number of benzene rings is 1. The maximum Gasteiger partial charge on any atom is 0.310 e. The minimum atomic E-state index is -0.410. The van der Waals surface area contributed by atoms with Crippen molar-refractivity contribution in [1.82, 2.24) is 0 Å². The normalized spacial score (nSPS) is 22.6. The largest absolute Gasteiger partial charge is 0.460 e. The summed E-state index contributed by atoms with van der Waals surface area (Å²) in [5, 5.41) is 0.